The van der Waals surface area contributed by atoms with E-state index in [2.05, 4.69) is 108 Å². The van der Waals surface area contributed by atoms with E-state index in [4.69, 9.17) is 9.98 Å². The molecule has 1 aliphatic heterocycles. The van der Waals surface area contributed by atoms with Crippen LogP contribution in [0.5, 0.6) is 0 Å². The van der Waals surface area contributed by atoms with Gasteiger partial charge in [-0.25, -0.2) is 9.98 Å². The molecule has 35 heavy (non-hydrogen) atoms. The van der Waals surface area contributed by atoms with Crippen molar-refractivity contribution in [2.45, 2.75) is 13.0 Å². The summed E-state index contributed by atoms with van der Waals surface area (Å²) in [4.78, 5) is 12.8. The van der Waals surface area contributed by atoms with Crippen LogP contribution >= 0.6 is 11.3 Å². The largest absolute Gasteiger partial charge is 0.351 e. The monoisotopic (exact) mass is 471 g/mol. The fraction of sp³-hybridized carbons (Fsp3) is 0.0968. The van der Waals surface area contributed by atoms with Crippen LogP contribution in [0.25, 0.3) is 21.8 Å². The van der Waals surface area contributed by atoms with Crippen LogP contribution in [-0.2, 0) is 13.0 Å². The van der Waals surface area contributed by atoms with Crippen molar-refractivity contribution in [2.24, 2.45) is 4.99 Å². The van der Waals surface area contributed by atoms with Crippen LogP contribution < -0.4 is 0 Å². The molecule has 0 spiro atoms. The van der Waals surface area contributed by atoms with Crippen LogP contribution in [0.2, 0.25) is 0 Å². The summed E-state index contributed by atoms with van der Waals surface area (Å²) in [5.74, 6) is 1.00. The highest BCUT2D eigenvalue weighted by molar-refractivity contribution is 7.19. The zero-order chi connectivity index (χ0) is 23.5. The van der Waals surface area contributed by atoms with Crippen molar-refractivity contribution in [3.8, 4) is 21.8 Å². The maximum absolute atomic E-state index is 5.35. The van der Waals surface area contributed by atoms with Gasteiger partial charge < -0.3 is 4.90 Å². The highest BCUT2D eigenvalue weighted by Crippen LogP contribution is 2.40. The Morgan fingerprint density at radius 1 is 0.686 bits per heavy atom. The lowest BCUT2D eigenvalue weighted by atomic mass is 9.99. The van der Waals surface area contributed by atoms with E-state index < -0.39 is 0 Å². The van der Waals surface area contributed by atoms with Crippen molar-refractivity contribution in [2.75, 3.05) is 6.54 Å². The molecule has 0 radical (unpaired) electrons. The Kier molecular flexibility index (Phi) is 5.95. The Labute approximate surface area is 210 Å². The maximum Gasteiger partial charge on any atom is 0.146 e. The number of nitrogens with zero attached hydrogens (tertiary/aromatic N) is 3. The molecule has 0 aliphatic carbocycles. The SMILES string of the molecule is c1ccc(C(=Nc2sc(-c3ccccc3)nc2-c2ccccc2)N2CCc3ccccc3C2)cc1. The Morgan fingerprint density at radius 3 is 2.00 bits per heavy atom. The van der Waals surface area contributed by atoms with Crippen molar-refractivity contribution in [3.63, 3.8) is 0 Å². The Morgan fingerprint density at radius 2 is 1.29 bits per heavy atom. The second-order valence-corrected chi connectivity index (χ2v) is 9.62. The predicted octanol–water partition coefficient (Wildman–Crippen LogP) is 7.61. The lowest BCUT2D eigenvalue weighted by Crippen LogP contribution is -2.36. The molecule has 5 aromatic rings. The van der Waals surface area contributed by atoms with Gasteiger partial charge in [-0.2, -0.15) is 0 Å². The number of aliphatic imine (C=N–C) groups is 1. The summed E-state index contributed by atoms with van der Waals surface area (Å²) in [5.41, 5.74) is 7.07. The van der Waals surface area contributed by atoms with E-state index >= 15 is 0 Å². The number of benzene rings is 4. The average Bonchev–Trinajstić information content (AvgIpc) is 3.37. The van der Waals surface area contributed by atoms with Gasteiger partial charge in [-0.1, -0.05) is 127 Å². The summed E-state index contributed by atoms with van der Waals surface area (Å²) >= 11 is 1.65. The van der Waals surface area contributed by atoms with E-state index in [0.29, 0.717) is 0 Å². The molecule has 2 heterocycles. The van der Waals surface area contributed by atoms with Gasteiger partial charge in [-0.3, -0.25) is 0 Å². The standard InChI is InChI=1S/C31H25N3S/c1-4-13-24(14-5-1)28-31(35-30(32-28)26-17-8-3-9-18-26)33-29(25-15-6-2-7-16-25)34-21-20-23-12-10-11-19-27(23)22-34/h1-19H,20-22H2. The van der Waals surface area contributed by atoms with Crippen LogP contribution in [-0.4, -0.2) is 22.3 Å². The minimum atomic E-state index is 0.856. The van der Waals surface area contributed by atoms with Crippen molar-refractivity contribution in [1.82, 2.24) is 9.88 Å². The maximum atomic E-state index is 5.35. The normalized spacial score (nSPS) is 13.5. The van der Waals surface area contributed by atoms with Crippen LogP contribution in [0.1, 0.15) is 16.7 Å². The molecular formula is C31H25N3S. The average molecular weight is 472 g/mol. The molecule has 4 heteroatoms. The molecule has 0 amide bonds. The first kappa shape index (κ1) is 21.5. The Hall–Kier alpha value is -4.02. The zero-order valence-electron chi connectivity index (χ0n) is 19.3. The first-order valence-electron chi connectivity index (χ1n) is 11.9. The summed E-state index contributed by atoms with van der Waals surface area (Å²) in [6.45, 7) is 1.80. The lowest BCUT2D eigenvalue weighted by Gasteiger charge is -2.31. The summed E-state index contributed by atoms with van der Waals surface area (Å²) < 4.78 is 0. The van der Waals surface area contributed by atoms with Gasteiger partial charge in [0, 0.05) is 29.8 Å². The fourth-order valence-corrected chi connectivity index (χ4v) is 5.52. The van der Waals surface area contributed by atoms with Gasteiger partial charge in [-0.05, 0) is 17.5 Å². The number of hydrogen-bond donors (Lipinski definition) is 0. The Bertz CT molecular complexity index is 1460. The zero-order valence-corrected chi connectivity index (χ0v) is 20.2. The summed E-state index contributed by atoms with van der Waals surface area (Å²) in [6, 6.07) is 40.0. The Balaban J connectivity index is 1.49. The second kappa shape index (κ2) is 9.69. The van der Waals surface area contributed by atoms with Gasteiger partial charge in [0.15, 0.2) is 0 Å². The number of hydrogen-bond acceptors (Lipinski definition) is 3. The quantitative estimate of drug-likeness (QED) is 0.199. The topological polar surface area (TPSA) is 28.5 Å². The summed E-state index contributed by atoms with van der Waals surface area (Å²) in [6.07, 6.45) is 1.02. The summed E-state index contributed by atoms with van der Waals surface area (Å²) in [5, 5.41) is 1.92. The molecule has 1 aromatic heterocycles. The van der Waals surface area contributed by atoms with Crippen LogP contribution in [0, 0.1) is 0 Å². The highest BCUT2D eigenvalue weighted by Gasteiger charge is 2.22. The third-order valence-corrected chi connectivity index (χ3v) is 7.35. The predicted molar refractivity (Wildman–Crippen MR) is 146 cm³/mol. The molecule has 4 aromatic carbocycles. The number of rotatable bonds is 4. The molecule has 0 unspecified atom stereocenters. The molecular weight excluding hydrogens is 446 g/mol. The van der Waals surface area contributed by atoms with E-state index in [0.717, 1.165) is 57.7 Å². The number of fused-ring (bicyclic) bond motifs is 1. The molecule has 0 saturated heterocycles. The molecule has 1 aliphatic rings. The van der Waals surface area contributed by atoms with Crippen LogP contribution in [0.4, 0.5) is 5.00 Å². The summed E-state index contributed by atoms with van der Waals surface area (Å²) in [7, 11) is 0. The van der Waals surface area contributed by atoms with Crippen LogP contribution in [0.3, 0.4) is 0 Å². The molecule has 170 valence electrons. The second-order valence-electron chi connectivity index (χ2n) is 8.65. The van der Waals surface area contributed by atoms with Gasteiger partial charge >= 0.3 is 0 Å². The molecule has 6 rings (SSSR count). The molecule has 0 atom stereocenters. The lowest BCUT2D eigenvalue weighted by molar-refractivity contribution is 0.395. The molecule has 0 saturated carbocycles. The fourth-order valence-electron chi connectivity index (χ4n) is 4.55. The number of aromatic nitrogens is 1. The van der Waals surface area contributed by atoms with Crippen LogP contribution in [0.15, 0.2) is 120 Å². The van der Waals surface area contributed by atoms with Gasteiger partial charge in [-0.15, -0.1) is 0 Å². The van der Waals surface area contributed by atoms with E-state index in [1.807, 2.05) is 12.1 Å². The third-order valence-electron chi connectivity index (χ3n) is 6.35. The highest BCUT2D eigenvalue weighted by atomic mass is 32.1. The minimum absolute atomic E-state index is 0.856. The van der Waals surface area contributed by atoms with Crippen molar-refractivity contribution < 1.29 is 0 Å². The van der Waals surface area contributed by atoms with Gasteiger partial charge in [0.1, 0.15) is 21.5 Å². The van der Waals surface area contributed by atoms with E-state index in [1.54, 1.807) is 11.3 Å². The van der Waals surface area contributed by atoms with Gasteiger partial charge in [0.05, 0.1) is 0 Å². The van der Waals surface area contributed by atoms with Gasteiger partial charge in [0.25, 0.3) is 0 Å². The first-order valence-corrected chi connectivity index (χ1v) is 12.7. The number of thiazole rings is 1. The minimum Gasteiger partial charge on any atom is -0.351 e. The van der Waals surface area contributed by atoms with Crippen molar-refractivity contribution in [3.05, 3.63) is 132 Å². The molecule has 0 bridgehead atoms. The van der Waals surface area contributed by atoms with E-state index in [1.165, 1.54) is 11.1 Å². The van der Waals surface area contributed by atoms with Crippen molar-refractivity contribution >= 4 is 22.2 Å². The number of amidine groups is 1. The molecule has 3 nitrogen and oxygen atoms in total. The first-order chi connectivity index (χ1) is 17.3. The van der Waals surface area contributed by atoms with E-state index in [9.17, 15) is 0 Å². The van der Waals surface area contributed by atoms with Crippen molar-refractivity contribution in [1.29, 1.82) is 0 Å². The molecule has 0 fully saturated rings. The molecule has 0 N–H and O–H groups in total. The third kappa shape index (κ3) is 4.53. The van der Waals surface area contributed by atoms with Gasteiger partial charge in [0.2, 0.25) is 0 Å². The smallest absolute Gasteiger partial charge is 0.146 e. The van der Waals surface area contributed by atoms with E-state index in [-0.39, 0.29) is 0 Å².